The molecular formula is C14H27B. The Morgan fingerprint density at radius 1 is 0.933 bits per heavy atom. The van der Waals surface area contributed by atoms with Gasteiger partial charge in [-0.3, -0.25) is 0 Å². The molecule has 15 heavy (non-hydrogen) atoms. The lowest BCUT2D eigenvalue weighted by Gasteiger charge is -2.25. The van der Waals surface area contributed by atoms with Crippen molar-refractivity contribution in [1.29, 1.82) is 0 Å². The van der Waals surface area contributed by atoms with E-state index in [0.717, 1.165) is 24.3 Å². The summed E-state index contributed by atoms with van der Waals surface area (Å²) in [6, 6.07) is 0. The zero-order chi connectivity index (χ0) is 10.7. The van der Waals surface area contributed by atoms with Crippen molar-refractivity contribution in [2.75, 3.05) is 0 Å². The van der Waals surface area contributed by atoms with E-state index >= 15 is 0 Å². The van der Waals surface area contributed by atoms with Crippen molar-refractivity contribution < 1.29 is 0 Å². The monoisotopic (exact) mass is 206 g/mol. The van der Waals surface area contributed by atoms with Gasteiger partial charge in [-0.15, -0.1) is 0 Å². The second-order valence-corrected chi connectivity index (χ2v) is 5.96. The van der Waals surface area contributed by atoms with Crippen LogP contribution in [-0.2, 0) is 0 Å². The maximum Gasteiger partial charge on any atom is 0.146 e. The average molecular weight is 206 g/mol. The molecule has 0 bridgehead atoms. The maximum atomic E-state index is 2.43. The molecule has 0 amide bonds. The molecule has 2 aliphatic carbocycles. The van der Waals surface area contributed by atoms with Crippen LogP contribution in [-0.4, -0.2) is 6.71 Å². The largest absolute Gasteiger partial charge is 0.146 e. The second kappa shape index (κ2) is 5.41. The van der Waals surface area contributed by atoms with Gasteiger partial charge in [-0.25, -0.2) is 0 Å². The lowest BCUT2D eigenvalue weighted by Crippen LogP contribution is -2.23. The molecule has 0 aliphatic heterocycles. The molecule has 2 aliphatic rings. The van der Waals surface area contributed by atoms with Gasteiger partial charge in [0.05, 0.1) is 0 Å². The third-order valence-electron chi connectivity index (χ3n) is 5.24. The molecule has 1 heteroatoms. The highest BCUT2D eigenvalue weighted by Crippen LogP contribution is 2.46. The molecule has 0 aromatic carbocycles. The van der Waals surface area contributed by atoms with E-state index in [1.165, 1.54) is 32.0 Å². The molecule has 0 aromatic rings. The summed E-state index contributed by atoms with van der Waals surface area (Å²) in [5.41, 5.74) is 0. The second-order valence-electron chi connectivity index (χ2n) is 5.96. The smallest absolute Gasteiger partial charge is 0.0766 e. The summed E-state index contributed by atoms with van der Waals surface area (Å²) in [7, 11) is 0. The fourth-order valence-electron chi connectivity index (χ4n) is 4.31. The molecule has 86 valence electrons. The minimum absolute atomic E-state index is 1.07. The molecule has 2 unspecified atom stereocenters. The molecular weight excluding hydrogens is 179 g/mol. The molecule has 0 radical (unpaired) electrons. The van der Waals surface area contributed by atoms with Crippen LogP contribution in [0, 0.1) is 5.92 Å². The highest BCUT2D eigenvalue weighted by atomic mass is 14.3. The Morgan fingerprint density at radius 3 is 2.20 bits per heavy atom. The van der Waals surface area contributed by atoms with Crippen LogP contribution in [0.1, 0.15) is 65.2 Å². The Kier molecular flexibility index (Phi) is 4.17. The van der Waals surface area contributed by atoms with Crippen LogP contribution in [0.2, 0.25) is 18.0 Å². The third kappa shape index (κ3) is 2.60. The first-order chi connectivity index (χ1) is 7.35. The van der Waals surface area contributed by atoms with Gasteiger partial charge in [0.25, 0.3) is 0 Å². The molecule has 0 aromatic heterocycles. The van der Waals surface area contributed by atoms with Gasteiger partial charge in [0.2, 0.25) is 0 Å². The molecule has 0 N–H and O–H groups in total. The zero-order valence-electron chi connectivity index (χ0n) is 10.7. The van der Waals surface area contributed by atoms with Gasteiger partial charge in [-0.1, -0.05) is 83.2 Å². The summed E-state index contributed by atoms with van der Waals surface area (Å²) in [4.78, 5) is 0. The fraction of sp³-hybridized carbons (Fsp3) is 1.00. The van der Waals surface area contributed by atoms with Crippen LogP contribution in [0.25, 0.3) is 0 Å². The molecule has 2 atom stereocenters. The van der Waals surface area contributed by atoms with Crippen molar-refractivity contribution in [3.8, 4) is 0 Å². The van der Waals surface area contributed by atoms with Gasteiger partial charge in [-0.05, 0) is 5.92 Å². The maximum absolute atomic E-state index is 2.43. The van der Waals surface area contributed by atoms with E-state index in [4.69, 9.17) is 0 Å². The summed E-state index contributed by atoms with van der Waals surface area (Å²) in [5.74, 6) is 3.28. The Morgan fingerprint density at radius 2 is 1.67 bits per heavy atom. The lowest BCUT2D eigenvalue weighted by atomic mass is 9.31. The van der Waals surface area contributed by atoms with Crippen LogP contribution in [0.3, 0.4) is 0 Å². The van der Waals surface area contributed by atoms with Crippen LogP contribution < -0.4 is 0 Å². The molecule has 2 saturated carbocycles. The van der Waals surface area contributed by atoms with E-state index in [1.54, 1.807) is 25.7 Å². The Balaban J connectivity index is 1.89. The van der Waals surface area contributed by atoms with E-state index in [9.17, 15) is 0 Å². The first-order valence-electron chi connectivity index (χ1n) is 7.35. The van der Waals surface area contributed by atoms with Gasteiger partial charge in [-0.2, -0.15) is 0 Å². The Bertz CT molecular complexity index is 184. The molecule has 2 rings (SSSR count). The van der Waals surface area contributed by atoms with Gasteiger partial charge in [0.15, 0.2) is 0 Å². The molecule has 0 saturated heterocycles. The van der Waals surface area contributed by atoms with Crippen molar-refractivity contribution in [2.24, 2.45) is 5.92 Å². The van der Waals surface area contributed by atoms with Crippen LogP contribution in [0.5, 0.6) is 0 Å². The highest BCUT2D eigenvalue weighted by Gasteiger charge is 2.36. The standard InChI is InChI=1S/C14H27B/c1-3-12-9-10-14(11-12)15(4-2)13-7-5-6-8-13/h12-14H,3-11H2,1-2H3. The third-order valence-corrected chi connectivity index (χ3v) is 5.24. The predicted molar refractivity (Wildman–Crippen MR) is 69.8 cm³/mol. The normalized spacial score (nSPS) is 32.4. The van der Waals surface area contributed by atoms with E-state index in [0.29, 0.717) is 0 Å². The Hall–Kier alpha value is 0.0649. The first-order valence-corrected chi connectivity index (χ1v) is 7.35. The molecule has 0 nitrogen and oxygen atoms in total. The number of hydrogen-bond acceptors (Lipinski definition) is 0. The first kappa shape index (κ1) is 11.5. The minimum atomic E-state index is 1.07. The topological polar surface area (TPSA) is 0 Å². The zero-order valence-corrected chi connectivity index (χ0v) is 10.7. The van der Waals surface area contributed by atoms with Gasteiger partial charge < -0.3 is 0 Å². The van der Waals surface area contributed by atoms with Crippen molar-refractivity contribution in [3.63, 3.8) is 0 Å². The van der Waals surface area contributed by atoms with Gasteiger partial charge in [0, 0.05) is 0 Å². The van der Waals surface area contributed by atoms with E-state index in [-0.39, 0.29) is 0 Å². The quantitative estimate of drug-likeness (QED) is 0.566. The molecule has 2 fully saturated rings. The summed E-state index contributed by atoms with van der Waals surface area (Å²) in [6.07, 6.45) is 13.7. The minimum Gasteiger partial charge on any atom is -0.0766 e. The fourth-order valence-corrected chi connectivity index (χ4v) is 4.31. The number of rotatable bonds is 4. The SMILES string of the molecule is CCB(C1CCCC1)C1CCC(CC)C1. The highest BCUT2D eigenvalue weighted by molar-refractivity contribution is 6.62. The van der Waals surface area contributed by atoms with Crippen LogP contribution in [0.15, 0.2) is 0 Å². The van der Waals surface area contributed by atoms with Crippen molar-refractivity contribution in [2.45, 2.75) is 83.2 Å². The van der Waals surface area contributed by atoms with E-state index < -0.39 is 0 Å². The van der Waals surface area contributed by atoms with Crippen LogP contribution >= 0.6 is 0 Å². The van der Waals surface area contributed by atoms with Gasteiger partial charge in [0.1, 0.15) is 6.71 Å². The van der Waals surface area contributed by atoms with E-state index in [2.05, 4.69) is 13.8 Å². The van der Waals surface area contributed by atoms with Crippen molar-refractivity contribution in [1.82, 2.24) is 0 Å². The summed E-state index contributed by atoms with van der Waals surface area (Å²) in [5, 5.41) is 0. The lowest BCUT2D eigenvalue weighted by molar-refractivity contribution is 0.529. The van der Waals surface area contributed by atoms with Gasteiger partial charge >= 0.3 is 0 Å². The molecule has 0 heterocycles. The van der Waals surface area contributed by atoms with Crippen molar-refractivity contribution >= 4 is 6.71 Å². The van der Waals surface area contributed by atoms with Crippen molar-refractivity contribution in [3.05, 3.63) is 0 Å². The summed E-state index contributed by atoms with van der Waals surface area (Å²) >= 11 is 0. The Labute approximate surface area is 96.3 Å². The molecule has 0 spiro atoms. The average Bonchev–Trinajstić information content (AvgIpc) is 2.89. The summed E-state index contributed by atoms with van der Waals surface area (Å²) < 4.78 is 0. The summed E-state index contributed by atoms with van der Waals surface area (Å²) in [6.45, 7) is 5.90. The van der Waals surface area contributed by atoms with E-state index in [1.807, 2.05) is 0 Å². The predicted octanol–water partition coefficient (Wildman–Crippen LogP) is 5.03. The number of hydrogen-bond donors (Lipinski definition) is 0. The van der Waals surface area contributed by atoms with Crippen LogP contribution in [0.4, 0.5) is 0 Å².